The van der Waals surface area contributed by atoms with E-state index in [0.717, 1.165) is 12.3 Å². The van der Waals surface area contributed by atoms with Crippen molar-refractivity contribution in [2.45, 2.75) is 31.1 Å². The fourth-order valence-corrected chi connectivity index (χ4v) is 4.93. The Morgan fingerprint density at radius 2 is 1.86 bits per heavy atom. The van der Waals surface area contributed by atoms with Crippen LogP contribution in [0.1, 0.15) is 31.2 Å². The molecule has 1 unspecified atom stereocenters. The fraction of sp³-hybridized carbons (Fsp3) is 0.450. The van der Waals surface area contributed by atoms with Gasteiger partial charge in [0.15, 0.2) is 0 Å². The number of carbonyl (C=O) groups is 1. The van der Waals surface area contributed by atoms with Gasteiger partial charge < -0.3 is 4.90 Å². The van der Waals surface area contributed by atoms with Crippen molar-refractivity contribution in [3.63, 3.8) is 0 Å². The second-order valence-electron chi connectivity index (χ2n) is 7.31. The Balaban J connectivity index is 1.88. The standard InChI is InChI=1S/C20H23NO/c1-21(2)19(22)20(13-14-7-9-17(20)11-14)18-10-8-15-5-3-4-6-16(15)12-18/h3-6,8,10,12,14,17H,7,9,11,13H2,1-2H3/t14-,17+,20?/m1/s1. The first-order valence-electron chi connectivity index (χ1n) is 8.32. The lowest BCUT2D eigenvalue weighted by Crippen LogP contribution is -2.47. The lowest BCUT2D eigenvalue weighted by Gasteiger charge is -2.39. The van der Waals surface area contributed by atoms with E-state index >= 15 is 0 Å². The summed E-state index contributed by atoms with van der Waals surface area (Å²) >= 11 is 0. The average molecular weight is 293 g/mol. The van der Waals surface area contributed by atoms with E-state index in [1.54, 1.807) is 4.90 Å². The SMILES string of the molecule is CN(C)C(=O)C1(c2ccc3ccccc3c2)C[C@@H]2CC[C@H]1C2. The molecule has 1 amide bonds. The predicted octanol–water partition coefficient (Wildman–Crippen LogP) is 3.99. The summed E-state index contributed by atoms with van der Waals surface area (Å²) in [5.41, 5.74) is 0.952. The lowest BCUT2D eigenvalue weighted by atomic mass is 9.67. The van der Waals surface area contributed by atoms with Crippen LogP contribution >= 0.6 is 0 Å². The maximum Gasteiger partial charge on any atom is 0.233 e. The van der Waals surface area contributed by atoms with E-state index in [1.807, 2.05) is 14.1 Å². The van der Waals surface area contributed by atoms with Crippen LogP contribution in [-0.4, -0.2) is 24.9 Å². The molecule has 0 spiro atoms. The lowest BCUT2D eigenvalue weighted by molar-refractivity contribution is -0.137. The highest BCUT2D eigenvalue weighted by atomic mass is 16.2. The topological polar surface area (TPSA) is 20.3 Å². The van der Waals surface area contributed by atoms with Crippen molar-refractivity contribution < 1.29 is 4.79 Å². The van der Waals surface area contributed by atoms with Gasteiger partial charge in [0.25, 0.3) is 0 Å². The van der Waals surface area contributed by atoms with Crippen LogP contribution in [0.5, 0.6) is 0 Å². The molecule has 0 heterocycles. The molecule has 2 bridgehead atoms. The number of hydrogen-bond donors (Lipinski definition) is 0. The Hall–Kier alpha value is -1.83. The molecule has 3 atom stereocenters. The monoisotopic (exact) mass is 293 g/mol. The van der Waals surface area contributed by atoms with Crippen molar-refractivity contribution in [1.29, 1.82) is 0 Å². The Labute approximate surface area is 132 Å². The molecule has 2 heteroatoms. The van der Waals surface area contributed by atoms with Crippen LogP contribution in [0.15, 0.2) is 42.5 Å². The average Bonchev–Trinajstić information content (AvgIpc) is 3.15. The van der Waals surface area contributed by atoms with Gasteiger partial charge in [0, 0.05) is 14.1 Å². The third-order valence-electron chi connectivity index (χ3n) is 5.90. The number of amides is 1. The second kappa shape index (κ2) is 4.84. The van der Waals surface area contributed by atoms with Crippen molar-refractivity contribution in [2.24, 2.45) is 11.8 Å². The summed E-state index contributed by atoms with van der Waals surface area (Å²) in [4.78, 5) is 14.9. The van der Waals surface area contributed by atoms with E-state index < -0.39 is 0 Å². The molecule has 0 aliphatic heterocycles. The molecule has 2 nitrogen and oxygen atoms in total. The molecule has 2 aromatic rings. The number of nitrogens with zero attached hydrogens (tertiary/aromatic N) is 1. The minimum Gasteiger partial charge on any atom is -0.348 e. The summed E-state index contributed by atoms with van der Waals surface area (Å²) < 4.78 is 0. The minimum atomic E-state index is -0.281. The maximum atomic E-state index is 13.1. The zero-order valence-corrected chi connectivity index (χ0v) is 13.4. The van der Waals surface area contributed by atoms with E-state index in [2.05, 4.69) is 42.5 Å². The Morgan fingerprint density at radius 1 is 1.09 bits per heavy atom. The van der Waals surface area contributed by atoms with Crippen molar-refractivity contribution in [3.05, 3.63) is 48.0 Å². The summed E-state index contributed by atoms with van der Waals surface area (Å²) in [7, 11) is 3.80. The van der Waals surface area contributed by atoms with Crippen molar-refractivity contribution in [1.82, 2.24) is 4.90 Å². The first kappa shape index (κ1) is 13.8. The van der Waals surface area contributed by atoms with Crippen LogP contribution in [0, 0.1) is 11.8 Å². The van der Waals surface area contributed by atoms with Gasteiger partial charge in [-0.2, -0.15) is 0 Å². The van der Waals surface area contributed by atoms with Crippen molar-refractivity contribution in [3.8, 4) is 0 Å². The van der Waals surface area contributed by atoms with Gasteiger partial charge >= 0.3 is 0 Å². The summed E-state index contributed by atoms with van der Waals surface area (Å²) in [5, 5.41) is 2.50. The van der Waals surface area contributed by atoms with Gasteiger partial charge in [0.05, 0.1) is 5.41 Å². The highest BCUT2D eigenvalue weighted by Gasteiger charge is 2.56. The van der Waals surface area contributed by atoms with E-state index in [4.69, 9.17) is 0 Å². The molecule has 2 aromatic carbocycles. The van der Waals surface area contributed by atoms with Gasteiger partial charge in [-0.05, 0) is 47.4 Å². The molecule has 0 radical (unpaired) electrons. The van der Waals surface area contributed by atoms with Crippen molar-refractivity contribution in [2.75, 3.05) is 14.1 Å². The molecular formula is C20H23NO. The molecule has 2 aliphatic carbocycles. The summed E-state index contributed by atoms with van der Waals surface area (Å²) in [6.45, 7) is 0. The fourth-order valence-electron chi connectivity index (χ4n) is 4.93. The maximum absolute atomic E-state index is 13.1. The minimum absolute atomic E-state index is 0.281. The van der Waals surface area contributed by atoms with E-state index in [9.17, 15) is 4.79 Å². The van der Waals surface area contributed by atoms with Crippen LogP contribution in [-0.2, 0) is 10.2 Å². The third kappa shape index (κ3) is 1.83. The van der Waals surface area contributed by atoms with Crippen LogP contribution in [0.25, 0.3) is 10.8 Å². The number of likely N-dealkylation sites (N-methyl/N-ethyl adjacent to an activating group) is 1. The molecule has 4 rings (SSSR count). The zero-order valence-electron chi connectivity index (χ0n) is 13.4. The van der Waals surface area contributed by atoms with E-state index in [0.29, 0.717) is 11.8 Å². The summed E-state index contributed by atoms with van der Waals surface area (Å²) in [6.07, 6.45) is 4.78. The molecule has 0 saturated heterocycles. The number of fused-ring (bicyclic) bond motifs is 3. The highest BCUT2D eigenvalue weighted by Crippen LogP contribution is 2.57. The second-order valence-corrected chi connectivity index (χ2v) is 7.31. The Bertz CT molecular complexity index is 735. The van der Waals surface area contributed by atoms with Crippen LogP contribution in [0.2, 0.25) is 0 Å². The third-order valence-corrected chi connectivity index (χ3v) is 5.90. The first-order valence-corrected chi connectivity index (χ1v) is 8.32. The van der Waals surface area contributed by atoms with Gasteiger partial charge in [-0.1, -0.05) is 48.9 Å². The summed E-state index contributed by atoms with van der Waals surface area (Å²) in [5.74, 6) is 1.56. The normalized spacial score (nSPS) is 29.9. The largest absolute Gasteiger partial charge is 0.348 e. The number of hydrogen-bond acceptors (Lipinski definition) is 1. The molecule has 114 valence electrons. The van der Waals surface area contributed by atoms with Gasteiger partial charge in [-0.15, -0.1) is 0 Å². The van der Waals surface area contributed by atoms with Crippen LogP contribution in [0.3, 0.4) is 0 Å². The number of benzene rings is 2. The van der Waals surface area contributed by atoms with Crippen LogP contribution in [0.4, 0.5) is 0 Å². The number of rotatable bonds is 2. The molecular weight excluding hydrogens is 270 g/mol. The molecule has 2 saturated carbocycles. The summed E-state index contributed by atoms with van der Waals surface area (Å²) in [6, 6.07) is 15.1. The zero-order chi connectivity index (χ0) is 15.3. The van der Waals surface area contributed by atoms with E-state index in [1.165, 1.54) is 35.6 Å². The molecule has 0 N–H and O–H groups in total. The molecule has 2 fully saturated rings. The van der Waals surface area contributed by atoms with Crippen molar-refractivity contribution >= 4 is 16.7 Å². The predicted molar refractivity (Wildman–Crippen MR) is 89.8 cm³/mol. The van der Waals surface area contributed by atoms with Gasteiger partial charge in [-0.25, -0.2) is 0 Å². The number of carbonyl (C=O) groups excluding carboxylic acids is 1. The molecule has 2 aliphatic rings. The van der Waals surface area contributed by atoms with Gasteiger partial charge in [0.1, 0.15) is 0 Å². The molecule has 22 heavy (non-hydrogen) atoms. The quantitative estimate of drug-likeness (QED) is 0.820. The van der Waals surface area contributed by atoms with Gasteiger partial charge in [-0.3, -0.25) is 4.79 Å². The smallest absolute Gasteiger partial charge is 0.233 e. The Morgan fingerprint density at radius 3 is 2.50 bits per heavy atom. The molecule has 0 aromatic heterocycles. The van der Waals surface area contributed by atoms with Crippen LogP contribution < -0.4 is 0 Å². The highest BCUT2D eigenvalue weighted by molar-refractivity contribution is 5.91. The Kier molecular flexibility index (Phi) is 3.04. The van der Waals surface area contributed by atoms with E-state index in [-0.39, 0.29) is 5.41 Å². The first-order chi connectivity index (χ1) is 10.6. The van der Waals surface area contributed by atoms with Gasteiger partial charge in [0.2, 0.25) is 5.91 Å².